The highest BCUT2D eigenvalue weighted by molar-refractivity contribution is 5.74. The Balaban J connectivity index is 3.13. The van der Waals surface area contributed by atoms with E-state index >= 15 is 0 Å². The largest absolute Gasteiger partial charge is 0.469 e. The van der Waals surface area contributed by atoms with Crippen LogP contribution in [0.5, 0.6) is 0 Å². The van der Waals surface area contributed by atoms with E-state index in [4.69, 9.17) is 4.74 Å². The van der Waals surface area contributed by atoms with E-state index < -0.39 is 17.5 Å². The van der Waals surface area contributed by atoms with Gasteiger partial charge in [-0.1, -0.05) is 31.9 Å². The Morgan fingerprint density at radius 3 is 2.65 bits per heavy atom. The van der Waals surface area contributed by atoms with Gasteiger partial charge >= 0.3 is 5.97 Å². The van der Waals surface area contributed by atoms with E-state index in [2.05, 4.69) is 0 Å². The number of halogens is 1. The van der Waals surface area contributed by atoms with Crippen molar-refractivity contribution >= 4 is 5.97 Å². The molecule has 0 radical (unpaired) electrons. The van der Waals surface area contributed by atoms with Gasteiger partial charge < -0.3 is 9.84 Å². The molecule has 0 aromatic heterocycles. The third-order valence-corrected chi connectivity index (χ3v) is 3.77. The molecule has 3 nitrogen and oxygen atoms in total. The van der Waals surface area contributed by atoms with Gasteiger partial charge in [0.15, 0.2) is 0 Å². The normalized spacial score (nSPS) is 15.5. The number of hydrogen-bond acceptors (Lipinski definition) is 3. The van der Waals surface area contributed by atoms with Crippen molar-refractivity contribution in [3.8, 4) is 0 Å². The molecule has 1 aromatic carbocycles. The van der Waals surface area contributed by atoms with Crippen LogP contribution in [-0.4, -0.2) is 18.2 Å². The monoisotopic (exact) mass is 282 g/mol. The van der Waals surface area contributed by atoms with Gasteiger partial charge in [0.1, 0.15) is 11.4 Å². The molecule has 0 amide bonds. The zero-order chi connectivity index (χ0) is 15.3. The number of esters is 1. The van der Waals surface area contributed by atoms with Crippen LogP contribution in [0.15, 0.2) is 18.2 Å². The SMILES string of the molecule is CCCCC(C(=O)OC)C(C)(O)c1ccc(C)c(F)c1. The number of hydrogen-bond donors (Lipinski definition) is 1. The Labute approximate surface area is 119 Å². The van der Waals surface area contributed by atoms with E-state index in [1.54, 1.807) is 19.1 Å². The summed E-state index contributed by atoms with van der Waals surface area (Å²) in [6.07, 6.45) is 2.21. The highest BCUT2D eigenvalue weighted by Crippen LogP contribution is 2.34. The van der Waals surface area contributed by atoms with Crippen molar-refractivity contribution in [2.45, 2.75) is 45.6 Å². The minimum atomic E-state index is -1.45. The molecule has 2 atom stereocenters. The van der Waals surface area contributed by atoms with Crippen molar-refractivity contribution in [1.82, 2.24) is 0 Å². The van der Waals surface area contributed by atoms with Gasteiger partial charge in [0, 0.05) is 0 Å². The zero-order valence-electron chi connectivity index (χ0n) is 12.6. The molecule has 1 N–H and O–H groups in total. The van der Waals surface area contributed by atoms with E-state index in [1.807, 2.05) is 6.92 Å². The first-order chi connectivity index (χ1) is 9.34. The second-order valence-corrected chi connectivity index (χ2v) is 5.33. The standard InChI is InChI=1S/C16H23FO3/c1-5-6-7-13(15(18)20-4)16(3,19)12-9-8-11(2)14(17)10-12/h8-10,13,19H,5-7H2,1-4H3. The van der Waals surface area contributed by atoms with E-state index in [0.29, 0.717) is 17.5 Å². The van der Waals surface area contributed by atoms with E-state index in [9.17, 15) is 14.3 Å². The third-order valence-electron chi connectivity index (χ3n) is 3.77. The lowest BCUT2D eigenvalue weighted by molar-refractivity contribution is -0.156. The fourth-order valence-corrected chi connectivity index (χ4v) is 2.29. The number of carbonyl (C=O) groups is 1. The van der Waals surface area contributed by atoms with Crippen LogP contribution in [0.25, 0.3) is 0 Å². The highest BCUT2D eigenvalue weighted by atomic mass is 19.1. The number of methoxy groups -OCH3 is 1. The first kappa shape index (κ1) is 16.6. The lowest BCUT2D eigenvalue weighted by atomic mass is 9.79. The van der Waals surface area contributed by atoms with Crippen molar-refractivity contribution in [2.24, 2.45) is 5.92 Å². The predicted octanol–water partition coefficient (Wildman–Crippen LogP) is 3.32. The molecule has 0 fully saturated rings. The lowest BCUT2D eigenvalue weighted by Gasteiger charge is -2.31. The summed E-state index contributed by atoms with van der Waals surface area (Å²) in [6.45, 7) is 5.20. The number of carbonyl (C=O) groups excluding carboxylic acids is 1. The van der Waals surface area contributed by atoms with Crippen LogP contribution in [-0.2, 0) is 15.1 Å². The topological polar surface area (TPSA) is 46.5 Å². The molecule has 1 rings (SSSR count). The summed E-state index contributed by atoms with van der Waals surface area (Å²) in [7, 11) is 1.30. The van der Waals surface area contributed by atoms with Gasteiger partial charge in [0.25, 0.3) is 0 Å². The molecule has 112 valence electrons. The predicted molar refractivity (Wildman–Crippen MR) is 75.7 cm³/mol. The van der Waals surface area contributed by atoms with Gasteiger partial charge in [-0.2, -0.15) is 0 Å². The summed E-state index contributed by atoms with van der Waals surface area (Å²) in [4.78, 5) is 11.9. The summed E-state index contributed by atoms with van der Waals surface area (Å²) in [5.74, 6) is -1.55. The maximum Gasteiger partial charge on any atom is 0.311 e. The summed E-state index contributed by atoms with van der Waals surface area (Å²) in [6, 6.07) is 4.55. The van der Waals surface area contributed by atoms with E-state index in [-0.39, 0.29) is 5.82 Å². The molecular weight excluding hydrogens is 259 g/mol. The van der Waals surface area contributed by atoms with Gasteiger partial charge in [0.05, 0.1) is 13.0 Å². The number of aliphatic hydroxyl groups is 1. The molecule has 20 heavy (non-hydrogen) atoms. The minimum Gasteiger partial charge on any atom is -0.469 e. The van der Waals surface area contributed by atoms with Gasteiger partial charge in [-0.25, -0.2) is 4.39 Å². The van der Waals surface area contributed by atoms with Crippen LogP contribution in [0, 0.1) is 18.7 Å². The number of rotatable bonds is 6. The van der Waals surface area contributed by atoms with Crippen LogP contribution >= 0.6 is 0 Å². The maximum absolute atomic E-state index is 13.7. The first-order valence-corrected chi connectivity index (χ1v) is 6.91. The Kier molecular flexibility index (Phi) is 5.69. The number of aryl methyl sites for hydroxylation is 1. The van der Waals surface area contributed by atoms with Crippen LogP contribution in [0.3, 0.4) is 0 Å². The van der Waals surface area contributed by atoms with Crippen LogP contribution in [0.1, 0.15) is 44.2 Å². The van der Waals surface area contributed by atoms with Gasteiger partial charge in [-0.3, -0.25) is 4.79 Å². The minimum absolute atomic E-state index is 0.387. The highest BCUT2D eigenvalue weighted by Gasteiger charge is 2.39. The Bertz CT molecular complexity index is 469. The van der Waals surface area contributed by atoms with Crippen molar-refractivity contribution < 1.29 is 19.0 Å². The van der Waals surface area contributed by atoms with Crippen molar-refractivity contribution in [3.05, 3.63) is 35.1 Å². The zero-order valence-corrected chi connectivity index (χ0v) is 12.6. The number of ether oxygens (including phenoxy) is 1. The molecule has 0 aliphatic rings. The second-order valence-electron chi connectivity index (χ2n) is 5.33. The van der Waals surface area contributed by atoms with Crippen molar-refractivity contribution in [2.75, 3.05) is 7.11 Å². The van der Waals surface area contributed by atoms with E-state index in [1.165, 1.54) is 20.1 Å². The van der Waals surface area contributed by atoms with Gasteiger partial charge in [-0.15, -0.1) is 0 Å². The maximum atomic E-state index is 13.7. The molecule has 2 unspecified atom stereocenters. The molecule has 4 heteroatoms. The molecule has 0 spiro atoms. The summed E-state index contributed by atoms with van der Waals surface area (Å²) < 4.78 is 18.5. The average molecular weight is 282 g/mol. The van der Waals surface area contributed by atoms with Crippen LogP contribution in [0.4, 0.5) is 4.39 Å². The second kappa shape index (κ2) is 6.84. The molecule has 0 heterocycles. The summed E-state index contributed by atoms with van der Waals surface area (Å²) >= 11 is 0. The third kappa shape index (κ3) is 3.57. The van der Waals surface area contributed by atoms with Crippen LogP contribution < -0.4 is 0 Å². The lowest BCUT2D eigenvalue weighted by Crippen LogP contribution is -2.38. The van der Waals surface area contributed by atoms with Gasteiger partial charge in [-0.05, 0) is 37.5 Å². The quantitative estimate of drug-likeness (QED) is 0.814. The fourth-order valence-electron chi connectivity index (χ4n) is 2.29. The molecule has 0 aliphatic carbocycles. The summed E-state index contributed by atoms with van der Waals surface area (Å²) in [5.41, 5.74) is -0.545. The average Bonchev–Trinajstić information content (AvgIpc) is 2.41. The number of unbranched alkanes of at least 4 members (excludes halogenated alkanes) is 1. The molecular formula is C16H23FO3. The molecule has 0 aliphatic heterocycles. The molecule has 1 aromatic rings. The Morgan fingerprint density at radius 2 is 2.15 bits per heavy atom. The van der Waals surface area contributed by atoms with Crippen molar-refractivity contribution in [1.29, 1.82) is 0 Å². The fraction of sp³-hybridized carbons (Fsp3) is 0.562. The Morgan fingerprint density at radius 1 is 1.50 bits per heavy atom. The number of benzene rings is 1. The van der Waals surface area contributed by atoms with Gasteiger partial charge in [0.2, 0.25) is 0 Å². The smallest absolute Gasteiger partial charge is 0.311 e. The molecule has 0 saturated heterocycles. The van der Waals surface area contributed by atoms with Crippen LogP contribution in [0.2, 0.25) is 0 Å². The molecule has 0 saturated carbocycles. The summed E-state index contributed by atoms with van der Waals surface area (Å²) in [5, 5.41) is 10.7. The molecule has 0 bridgehead atoms. The van der Waals surface area contributed by atoms with Crippen molar-refractivity contribution in [3.63, 3.8) is 0 Å². The first-order valence-electron chi connectivity index (χ1n) is 6.91. The van der Waals surface area contributed by atoms with E-state index in [0.717, 1.165) is 12.8 Å². The Hall–Kier alpha value is -1.42.